The van der Waals surface area contributed by atoms with Crippen LogP contribution in [0.2, 0.25) is 0 Å². The summed E-state index contributed by atoms with van der Waals surface area (Å²) in [7, 11) is 0. The second kappa shape index (κ2) is 9.87. The molecule has 2 aromatic heterocycles. The molecular formula is C28H31FN6O. The minimum Gasteiger partial charge on any atom is -0.391 e. The number of aliphatic hydroxyl groups excluding tert-OH is 1. The van der Waals surface area contributed by atoms with Crippen LogP contribution in [0.25, 0.3) is 16.8 Å². The van der Waals surface area contributed by atoms with Gasteiger partial charge in [0.05, 0.1) is 12.3 Å². The molecule has 2 aliphatic rings. The summed E-state index contributed by atoms with van der Waals surface area (Å²) in [6, 6.07) is 17.1. The molecule has 2 aromatic carbocycles. The minimum atomic E-state index is -0.369. The van der Waals surface area contributed by atoms with Crippen molar-refractivity contribution < 1.29 is 9.50 Å². The van der Waals surface area contributed by atoms with Gasteiger partial charge in [-0.1, -0.05) is 42.5 Å². The van der Waals surface area contributed by atoms with Gasteiger partial charge in [0.2, 0.25) is 0 Å². The highest BCUT2D eigenvalue weighted by molar-refractivity contribution is 5.64. The monoisotopic (exact) mass is 486 g/mol. The van der Waals surface area contributed by atoms with E-state index in [2.05, 4.69) is 21.0 Å². The van der Waals surface area contributed by atoms with Crippen molar-refractivity contribution >= 4 is 17.3 Å². The molecule has 8 heteroatoms. The van der Waals surface area contributed by atoms with E-state index in [1.165, 1.54) is 0 Å². The van der Waals surface area contributed by atoms with Gasteiger partial charge >= 0.3 is 0 Å². The smallest absolute Gasteiger partial charge is 0.163 e. The highest BCUT2D eigenvalue weighted by Crippen LogP contribution is 2.42. The van der Waals surface area contributed by atoms with Crippen molar-refractivity contribution in [2.24, 2.45) is 5.92 Å². The first kappa shape index (κ1) is 22.9. The molecule has 1 aliphatic heterocycles. The predicted octanol–water partition coefficient (Wildman–Crippen LogP) is 4.41. The number of hydrogen-bond donors (Lipinski definition) is 4. The summed E-state index contributed by atoms with van der Waals surface area (Å²) in [6.45, 7) is 2.50. The Kier molecular flexibility index (Phi) is 6.29. The van der Waals surface area contributed by atoms with E-state index in [0.29, 0.717) is 31.1 Å². The number of fused-ring (bicyclic) bond motifs is 1. The number of hydrogen-bond acceptors (Lipinski definition) is 6. The molecule has 4 aromatic rings. The second-order valence-electron chi connectivity index (χ2n) is 9.86. The Bertz CT molecular complexity index is 1350. The molecule has 4 N–H and O–H groups in total. The normalized spacial score (nSPS) is 19.9. The average Bonchev–Trinajstić information content (AvgIpc) is 3.66. The van der Waals surface area contributed by atoms with Crippen LogP contribution in [-0.4, -0.2) is 45.4 Å². The first-order chi connectivity index (χ1) is 17.7. The quantitative estimate of drug-likeness (QED) is 0.295. The van der Waals surface area contributed by atoms with Crippen LogP contribution >= 0.6 is 0 Å². The largest absolute Gasteiger partial charge is 0.391 e. The molecule has 0 unspecified atom stereocenters. The number of benzene rings is 2. The summed E-state index contributed by atoms with van der Waals surface area (Å²) in [6.07, 6.45) is 4.76. The SMILES string of the molecule is O[C@H]1CNCC[C@@H]1CNc1cc(NCc2ccc(-c3ccccc3)cc2F)n2ncc(C3CC3)c2n1. The van der Waals surface area contributed by atoms with Crippen molar-refractivity contribution in [3.8, 4) is 11.1 Å². The fourth-order valence-electron chi connectivity index (χ4n) is 4.94. The number of aromatic nitrogens is 3. The number of halogens is 1. The summed E-state index contributed by atoms with van der Waals surface area (Å²) in [5, 5.41) is 24.9. The second-order valence-corrected chi connectivity index (χ2v) is 9.86. The van der Waals surface area contributed by atoms with E-state index in [0.717, 1.165) is 59.8 Å². The maximum atomic E-state index is 15.0. The zero-order valence-corrected chi connectivity index (χ0v) is 20.1. The van der Waals surface area contributed by atoms with Crippen LogP contribution in [0, 0.1) is 11.7 Å². The zero-order chi connectivity index (χ0) is 24.5. The van der Waals surface area contributed by atoms with Gasteiger partial charge in [-0.25, -0.2) is 9.37 Å². The lowest BCUT2D eigenvalue weighted by molar-refractivity contribution is 0.0883. The topological polar surface area (TPSA) is 86.5 Å². The summed E-state index contributed by atoms with van der Waals surface area (Å²) in [5.41, 5.74) is 4.42. The fourth-order valence-corrected chi connectivity index (χ4v) is 4.94. The minimum absolute atomic E-state index is 0.172. The Morgan fingerprint density at radius 3 is 2.67 bits per heavy atom. The summed E-state index contributed by atoms with van der Waals surface area (Å²) >= 11 is 0. The molecule has 0 amide bonds. The van der Waals surface area contributed by atoms with E-state index in [-0.39, 0.29) is 17.8 Å². The average molecular weight is 487 g/mol. The van der Waals surface area contributed by atoms with Crippen LogP contribution in [0.15, 0.2) is 60.8 Å². The van der Waals surface area contributed by atoms with E-state index in [9.17, 15) is 9.50 Å². The zero-order valence-electron chi connectivity index (χ0n) is 20.1. The predicted molar refractivity (Wildman–Crippen MR) is 140 cm³/mol. The van der Waals surface area contributed by atoms with Crippen molar-refractivity contribution in [1.82, 2.24) is 19.9 Å². The summed E-state index contributed by atoms with van der Waals surface area (Å²) in [4.78, 5) is 4.86. The van der Waals surface area contributed by atoms with Crippen LogP contribution in [0.3, 0.4) is 0 Å². The number of β-amino-alcohol motifs (C(OH)–C–C–N with tert-alkyl or cyclic N) is 1. The molecule has 1 aliphatic carbocycles. The Balaban J connectivity index is 1.23. The van der Waals surface area contributed by atoms with Crippen molar-refractivity contribution in [3.05, 3.63) is 77.7 Å². The van der Waals surface area contributed by atoms with E-state index in [4.69, 9.17) is 4.98 Å². The van der Waals surface area contributed by atoms with Gasteiger partial charge in [0.15, 0.2) is 5.65 Å². The first-order valence-electron chi connectivity index (χ1n) is 12.7. The molecule has 3 heterocycles. The molecule has 0 spiro atoms. The van der Waals surface area contributed by atoms with Crippen LogP contribution in [0.1, 0.15) is 36.3 Å². The van der Waals surface area contributed by atoms with Crippen molar-refractivity contribution in [3.63, 3.8) is 0 Å². The van der Waals surface area contributed by atoms with E-state index >= 15 is 0 Å². The van der Waals surface area contributed by atoms with Gasteiger partial charge in [0.25, 0.3) is 0 Å². The van der Waals surface area contributed by atoms with Crippen LogP contribution < -0.4 is 16.0 Å². The number of rotatable bonds is 8. The molecule has 2 fully saturated rings. The molecule has 7 nitrogen and oxygen atoms in total. The van der Waals surface area contributed by atoms with Crippen molar-refractivity contribution in [1.29, 1.82) is 0 Å². The lowest BCUT2D eigenvalue weighted by atomic mass is 9.95. The summed E-state index contributed by atoms with van der Waals surface area (Å²) in [5.74, 6) is 1.93. The standard InChI is InChI=1S/C28H31FN6O/c29-24-12-20(18-4-2-1-3-5-18)8-9-21(24)14-32-27-13-26(31-15-22-10-11-30-17-25(22)36)34-28-23(19-6-7-19)16-33-35(27)28/h1-5,8-9,12-13,16,19,22,25,30,32,36H,6-7,10-11,14-15,17H2,(H,31,34)/t22-,25+/m1/s1. The number of piperidine rings is 1. The number of nitrogens with zero attached hydrogens (tertiary/aromatic N) is 3. The fraction of sp³-hybridized carbons (Fsp3) is 0.357. The van der Waals surface area contributed by atoms with Crippen molar-refractivity contribution in [2.75, 3.05) is 30.3 Å². The van der Waals surface area contributed by atoms with Gasteiger partial charge in [-0.2, -0.15) is 9.61 Å². The van der Waals surface area contributed by atoms with Gasteiger partial charge in [0.1, 0.15) is 17.5 Å². The van der Waals surface area contributed by atoms with Gasteiger partial charge in [-0.05, 0) is 48.9 Å². The Morgan fingerprint density at radius 1 is 1.03 bits per heavy atom. The van der Waals surface area contributed by atoms with Crippen molar-refractivity contribution in [2.45, 2.75) is 37.8 Å². The maximum absolute atomic E-state index is 15.0. The lowest BCUT2D eigenvalue weighted by Crippen LogP contribution is -2.43. The van der Waals surface area contributed by atoms with Gasteiger partial charge in [-0.15, -0.1) is 0 Å². The van der Waals surface area contributed by atoms with Gasteiger partial charge in [-0.3, -0.25) is 0 Å². The molecule has 0 bridgehead atoms. The van der Waals surface area contributed by atoms with E-state index < -0.39 is 0 Å². The number of nitrogens with one attached hydrogen (secondary N) is 3. The van der Waals surface area contributed by atoms with Gasteiger partial charge < -0.3 is 21.1 Å². The molecule has 6 rings (SSSR count). The Labute approximate surface area is 209 Å². The molecule has 0 radical (unpaired) electrons. The third kappa shape index (κ3) is 4.79. The number of anilines is 2. The first-order valence-corrected chi connectivity index (χ1v) is 12.7. The third-order valence-corrected chi connectivity index (χ3v) is 7.27. The van der Waals surface area contributed by atoms with Crippen LogP contribution in [-0.2, 0) is 6.54 Å². The highest BCUT2D eigenvalue weighted by Gasteiger charge is 2.28. The van der Waals surface area contributed by atoms with Crippen LogP contribution in [0.5, 0.6) is 0 Å². The van der Waals surface area contributed by atoms with E-state index in [1.54, 1.807) is 6.07 Å². The van der Waals surface area contributed by atoms with E-state index in [1.807, 2.05) is 59.2 Å². The van der Waals surface area contributed by atoms with Crippen LogP contribution in [0.4, 0.5) is 16.0 Å². The maximum Gasteiger partial charge on any atom is 0.163 e. The Morgan fingerprint density at radius 2 is 1.89 bits per heavy atom. The molecule has 1 saturated carbocycles. The molecule has 186 valence electrons. The number of aliphatic hydroxyl groups is 1. The molecule has 2 atom stereocenters. The summed E-state index contributed by atoms with van der Waals surface area (Å²) < 4.78 is 16.8. The van der Waals surface area contributed by atoms with Gasteiger partial charge in [0, 0.05) is 42.7 Å². The molecule has 36 heavy (non-hydrogen) atoms. The molecule has 1 saturated heterocycles. The molecular weight excluding hydrogens is 455 g/mol. The highest BCUT2D eigenvalue weighted by atomic mass is 19.1. The lowest BCUT2D eigenvalue weighted by Gasteiger charge is -2.28. The Hall–Kier alpha value is -3.49. The third-order valence-electron chi connectivity index (χ3n) is 7.27.